The predicted molar refractivity (Wildman–Crippen MR) is 93.7 cm³/mol. The summed E-state index contributed by atoms with van der Waals surface area (Å²) in [6.07, 6.45) is 1.75. The summed E-state index contributed by atoms with van der Waals surface area (Å²) in [7, 11) is 0. The Morgan fingerprint density at radius 2 is 1.80 bits per heavy atom. The lowest BCUT2D eigenvalue weighted by molar-refractivity contribution is -0.118. The summed E-state index contributed by atoms with van der Waals surface area (Å²) >= 11 is 1.44. The van der Waals surface area contributed by atoms with Crippen molar-refractivity contribution in [1.82, 2.24) is 9.88 Å². The van der Waals surface area contributed by atoms with Gasteiger partial charge in [0.25, 0.3) is 11.8 Å². The summed E-state index contributed by atoms with van der Waals surface area (Å²) in [5.74, 6) is -0.616. The van der Waals surface area contributed by atoms with E-state index in [1.54, 1.807) is 24.3 Å². The zero-order valence-corrected chi connectivity index (χ0v) is 14.3. The molecule has 0 N–H and O–H groups in total. The highest BCUT2D eigenvalue weighted by Gasteiger charge is 2.35. The number of imide groups is 1. The van der Waals surface area contributed by atoms with E-state index in [2.05, 4.69) is 11.6 Å². The molecule has 0 bridgehead atoms. The Hall–Kier alpha value is -2.60. The summed E-state index contributed by atoms with van der Waals surface area (Å²) in [5, 5.41) is 2.66. The third kappa shape index (κ3) is 2.62. The molecule has 5 nitrogen and oxygen atoms in total. The monoisotopic (exact) mass is 352 g/mol. The molecule has 6 heteroatoms. The first-order chi connectivity index (χ1) is 12.1. The molecule has 126 valence electrons. The number of benzene rings is 1. The summed E-state index contributed by atoms with van der Waals surface area (Å²) in [4.78, 5) is 42.5. The van der Waals surface area contributed by atoms with Gasteiger partial charge in [-0.25, -0.2) is 4.98 Å². The second kappa shape index (κ2) is 6.04. The van der Waals surface area contributed by atoms with Crippen LogP contribution in [0.5, 0.6) is 0 Å². The van der Waals surface area contributed by atoms with Crippen LogP contribution in [0.1, 0.15) is 50.2 Å². The van der Waals surface area contributed by atoms with Gasteiger partial charge in [-0.3, -0.25) is 19.3 Å². The zero-order chi connectivity index (χ0) is 17.6. The molecule has 2 aliphatic rings. The quantitative estimate of drug-likeness (QED) is 0.627. The van der Waals surface area contributed by atoms with Crippen molar-refractivity contribution in [2.75, 3.05) is 6.54 Å². The molecule has 1 saturated carbocycles. The number of amides is 2. The smallest absolute Gasteiger partial charge is 0.261 e. The molecule has 2 aromatic rings. The number of nitrogens with zero attached hydrogens (tertiary/aromatic N) is 2. The summed E-state index contributed by atoms with van der Waals surface area (Å²) in [5.41, 5.74) is 2.63. The van der Waals surface area contributed by atoms with Crippen molar-refractivity contribution in [1.29, 1.82) is 0 Å². The fraction of sp³-hybridized carbons (Fsp3) is 0.263. The molecule has 1 aliphatic carbocycles. The number of fused-ring (bicyclic) bond motifs is 1. The minimum Gasteiger partial charge on any atom is -0.299 e. The first kappa shape index (κ1) is 15.9. The zero-order valence-electron chi connectivity index (χ0n) is 13.5. The van der Waals surface area contributed by atoms with Crippen molar-refractivity contribution in [3.8, 4) is 0 Å². The van der Waals surface area contributed by atoms with Crippen LogP contribution in [0.2, 0.25) is 0 Å². The van der Waals surface area contributed by atoms with Gasteiger partial charge in [0.15, 0.2) is 0 Å². The van der Waals surface area contributed by atoms with Gasteiger partial charge in [0.05, 0.1) is 22.7 Å². The molecule has 1 aromatic heterocycles. The minimum absolute atomic E-state index is 0.172. The van der Waals surface area contributed by atoms with Crippen LogP contribution < -0.4 is 0 Å². The molecule has 1 unspecified atom stereocenters. The van der Waals surface area contributed by atoms with Crippen molar-refractivity contribution in [2.45, 2.75) is 25.2 Å². The van der Waals surface area contributed by atoms with Gasteiger partial charge in [0.1, 0.15) is 10.8 Å². The maximum absolute atomic E-state index is 12.4. The SMILES string of the molecule is C=C1CCC(=O)C1c1nc(CCN2C(=O)c3ccccc3C2=O)cs1. The molecule has 1 aliphatic heterocycles. The van der Waals surface area contributed by atoms with Crippen LogP contribution >= 0.6 is 11.3 Å². The fourth-order valence-corrected chi connectivity index (χ4v) is 4.38. The molecule has 1 aromatic carbocycles. The number of thiazole rings is 1. The number of ketones is 1. The van der Waals surface area contributed by atoms with Gasteiger partial charge < -0.3 is 0 Å². The highest BCUT2D eigenvalue weighted by Crippen LogP contribution is 2.36. The Kier molecular flexibility index (Phi) is 3.84. The van der Waals surface area contributed by atoms with Crippen molar-refractivity contribution < 1.29 is 14.4 Å². The molecule has 0 radical (unpaired) electrons. The number of Topliss-reactive ketones (excluding diaryl/α,β-unsaturated/α-hetero) is 1. The maximum Gasteiger partial charge on any atom is 0.261 e. The summed E-state index contributed by atoms with van der Waals surface area (Å²) < 4.78 is 0. The largest absolute Gasteiger partial charge is 0.299 e. The normalized spacial score (nSPS) is 19.8. The molecule has 1 atom stereocenters. The van der Waals surface area contributed by atoms with Crippen LogP contribution in [0.3, 0.4) is 0 Å². The molecule has 0 spiro atoms. The van der Waals surface area contributed by atoms with Gasteiger partial charge in [-0.1, -0.05) is 24.3 Å². The van der Waals surface area contributed by atoms with Crippen molar-refractivity contribution in [3.63, 3.8) is 0 Å². The number of carbonyl (C=O) groups excluding carboxylic acids is 3. The van der Waals surface area contributed by atoms with Crippen molar-refractivity contribution in [3.05, 3.63) is 63.6 Å². The van der Waals surface area contributed by atoms with Crippen LogP contribution in [-0.2, 0) is 11.2 Å². The van der Waals surface area contributed by atoms with E-state index in [4.69, 9.17) is 0 Å². The number of aromatic nitrogens is 1. The molecule has 2 amide bonds. The highest BCUT2D eigenvalue weighted by molar-refractivity contribution is 7.10. The second-order valence-corrected chi connectivity index (χ2v) is 7.18. The van der Waals surface area contributed by atoms with E-state index in [9.17, 15) is 14.4 Å². The van der Waals surface area contributed by atoms with E-state index in [1.807, 2.05) is 5.38 Å². The van der Waals surface area contributed by atoms with E-state index in [0.29, 0.717) is 24.0 Å². The average molecular weight is 352 g/mol. The van der Waals surface area contributed by atoms with E-state index in [1.165, 1.54) is 16.2 Å². The summed E-state index contributed by atoms with van der Waals surface area (Å²) in [6, 6.07) is 6.86. The number of rotatable bonds is 4. The Morgan fingerprint density at radius 3 is 2.40 bits per heavy atom. The number of hydrogen-bond acceptors (Lipinski definition) is 5. The highest BCUT2D eigenvalue weighted by atomic mass is 32.1. The molecule has 0 saturated heterocycles. The lowest BCUT2D eigenvalue weighted by Gasteiger charge is -2.12. The Bertz CT molecular complexity index is 864. The predicted octanol–water partition coefficient (Wildman–Crippen LogP) is 2.98. The molecule has 1 fully saturated rings. The van der Waals surface area contributed by atoms with E-state index >= 15 is 0 Å². The van der Waals surface area contributed by atoms with Gasteiger partial charge in [0.2, 0.25) is 0 Å². The van der Waals surface area contributed by atoms with Gasteiger partial charge >= 0.3 is 0 Å². The fourth-order valence-electron chi connectivity index (χ4n) is 3.35. The third-order valence-electron chi connectivity index (χ3n) is 4.71. The van der Waals surface area contributed by atoms with E-state index in [-0.39, 0.29) is 30.1 Å². The Balaban J connectivity index is 1.47. The van der Waals surface area contributed by atoms with Crippen LogP contribution in [0, 0.1) is 0 Å². The topological polar surface area (TPSA) is 67.3 Å². The van der Waals surface area contributed by atoms with Crippen LogP contribution in [0.25, 0.3) is 0 Å². The minimum atomic E-state index is -0.280. The van der Waals surface area contributed by atoms with Crippen molar-refractivity contribution >= 4 is 28.9 Å². The first-order valence-corrected chi connectivity index (χ1v) is 9.04. The van der Waals surface area contributed by atoms with Crippen LogP contribution in [0.15, 0.2) is 41.8 Å². The molecular formula is C19H16N2O3S. The lowest BCUT2D eigenvalue weighted by atomic mass is 10.0. The van der Waals surface area contributed by atoms with Gasteiger partial charge in [0, 0.05) is 24.8 Å². The maximum atomic E-state index is 12.4. The van der Waals surface area contributed by atoms with Gasteiger partial charge in [-0.15, -0.1) is 11.3 Å². The number of carbonyl (C=O) groups is 3. The molecule has 2 heterocycles. The summed E-state index contributed by atoms with van der Waals surface area (Å²) in [6.45, 7) is 4.26. The second-order valence-electron chi connectivity index (χ2n) is 6.29. The van der Waals surface area contributed by atoms with Gasteiger partial charge in [-0.05, 0) is 18.6 Å². The molecule has 25 heavy (non-hydrogen) atoms. The first-order valence-electron chi connectivity index (χ1n) is 8.16. The number of allylic oxidation sites excluding steroid dienone is 1. The lowest BCUT2D eigenvalue weighted by Crippen LogP contribution is -2.31. The Labute approximate surface area is 149 Å². The standard InChI is InChI=1S/C19H16N2O3S/c1-11-6-7-15(22)16(11)17-20-12(10-25-17)8-9-21-18(23)13-4-2-3-5-14(13)19(21)24/h2-5,10,16H,1,6-9H2. The molecule has 4 rings (SSSR count). The van der Waals surface area contributed by atoms with E-state index < -0.39 is 0 Å². The van der Waals surface area contributed by atoms with Crippen LogP contribution in [0.4, 0.5) is 0 Å². The Morgan fingerprint density at radius 1 is 1.12 bits per heavy atom. The van der Waals surface area contributed by atoms with Crippen LogP contribution in [-0.4, -0.2) is 34.0 Å². The van der Waals surface area contributed by atoms with Gasteiger partial charge in [-0.2, -0.15) is 0 Å². The van der Waals surface area contributed by atoms with E-state index in [0.717, 1.165) is 22.7 Å². The third-order valence-corrected chi connectivity index (χ3v) is 5.67. The number of hydrogen-bond donors (Lipinski definition) is 0. The van der Waals surface area contributed by atoms with Crippen molar-refractivity contribution in [2.24, 2.45) is 0 Å². The molecular weight excluding hydrogens is 336 g/mol. The average Bonchev–Trinajstić information content (AvgIpc) is 3.26.